The summed E-state index contributed by atoms with van der Waals surface area (Å²) in [6.07, 6.45) is -17.6. The number of benzene rings is 1. The molecule has 0 aromatic heterocycles. The number of alkyl halides is 3. The number of carbonyl (C=O) groups is 2. The minimum Gasteiger partial charge on any atom is -0.394 e. The number of hydrogen-bond donors (Lipinski definition) is 10. The van der Waals surface area contributed by atoms with Crippen molar-refractivity contribution in [2.24, 2.45) is 0 Å². The predicted molar refractivity (Wildman–Crippen MR) is 116 cm³/mol. The van der Waals surface area contributed by atoms with E-state index in [0.29, 0.717) is 5.56 Å². The van der Waals surface area contributed by atoms with Crippen molar-refractivity contribution < 1.29 is 73.1 Å². The fraction of sp³-hybridized carbons (Fsp3) is 0.619. The van der Waals surface area contributed by atoms with E-state index in [9.17, 15) is 53.4 Å². The fourth-order valence-corrected chi connectivity index (χ4v) is 3.56. The molecule has 1 aromatic carbocycles. The molecule has 14 nitrogen and oxygen atoms in total. The van der Waals surface area contributed by atoms with Gasteiger partial charge in [-0.1, -0.05) is 18.2 Å². The number of ether oxygens (including phenoxy) is 2. The molecule has 0 aliphatic carbocycles. The van der Waals surface area contributed by atoms with Crippen LogP contribution in [-0.4, -0.2) is 133 Å². The lowest BCUT2D eigenvalue weighted by Gasteiger charge is -2.40. The molecule has 0 saturated carbocycles. The summed E-state index contributed by atoms with van der Waals surface area (Å²) >= 11 is 0. The molecule has 10 N–H and O–H groups in total. The monoisotopic (exact) mass is 558 g/mol. The summed E-state index contributed by atoms with van der Waals surface area (Å²) in [6, 6.07) is 5.22. The van der Waals surface area contributed by atoms with Crippen LogP contribution in [0.25, 0.3) is 0 Å². The number of amides is 2. The molecule has 0 radical (unpaired) electrons. The van der Waals surface area contributed by atoms with Gasteiger partial charge in [0.1, 0.15) is 48.7 Å². The summed E-state index contributed by atoms with van der Waals surface area (Å²) in [5.74, 6) is -2.89. The second kappa shape index (κ2) is 13.6. The van der Waals surface area contributed by atoms with Gasteiger partial charge in [-0.3, -0.25) is 9.59 Å². The Morgan fingerprint density at radius 2 is 1.16 bits per heavy atom. The summed E-state index contributed by atoms with van der Waals surface area (Å²) in [5.41, 5.74) is 0.352. The van der Waals surface area contributed by atoms with Crippen molar-refractivity contribution in [1.29, 1.82) is 0 Å². The number of hydrogen-bond acceptors (Lipinski definition) is 12. The average Bonchev–Trinajstić information content (AvgIpc) is 2.88. The van der Waals surface area contributed by atoms with Crippen molar-refractivity contribution in [2.75, 3.05) is 13.2 Å². The van der Waals surface area contributed by atoms with Crippen LogP contribution in [0.5, 0.6) is 0 Å². The smallest absolute Gasteiger partial charge is 0.394 e. The molecule has 2 amide bonds. The summed E-state index contributed by atoms with van der Waals surface area (Å²) in [6.45, 7) is -1.30. The van der Waals surface area contributed by atoms with E-state index in [2.05, 4.69) is 10.1 Å². The van der Waals surface area contributed by atoms with E-state index in [1.54, 1.807) is 30.3 Å². The molecule has 1 aromatic rings. The Kier molecular flexibility index (Phi) is 11.3. The van der Waals surface area contributed by atoms with Gasteiger partial charge in [0.25, 0.3) is 5.91 Å². The molecule has 2 aliphatic rings. The van der Waals surface area contributed by atoms with Gasteiger partial charge in [0.05, 0.1) is 13.2 Å². The molecule has 2 aliphatic heterocycles. The third kappa shape index (κ3) is 7.79. The number of aliphatic hydroxyl groups excluding tert-OH is 8. The first-order valence-electron chi connectivity index (χ1n) is 11.1. The molecular formula is C21H29F3N2O12. The molecule has 2 heterocycles. The molecule has 17 heteroatoms. The lowest BCUT2D eigenvalue weighted by atomic mass is 9.97. The van der Waals surface area contributed by atoms with Gasteiger partial charge in [-0.2, -0.15) is 13.2 Å². The van der Waals surface area contributed by atoms with Gasteiger partial charge in [0.2, 0.25) is 0 Å². The van der Waals surface area contributed by atoms with Crippen LogP contribution >= 0.6 is 0 Å². The van der Waals surface area contributed by atoms with E-state index in [1.165, 1.54) is 5.32 Å². The van der Waals surface area contributed by atoms with E-state index in [1.807, 2.05) is 0 Å². The number of rotatable bonds is 5. The number of halogens is 3. The van der Waals surface area contributed by atoms with Gasteiger partial charge in [-0.25, -0.2) is 0 Å². The van der Waals surface area contributed by atoms with Crippen molar-refractivity contribution in [3.05, 3.63) is 35.9 Å². The SMILES string of the molecule is O=C(N[C@H]1C(O)O[C@H](CO)[C@@H](O)[C@@H]1O)C(F)(F)F.O=C(N[C@H]1C(O)O[C@H](CO)[C@@H](O)[C@@H]1O)c1ccccc1. The second-order valence-corrected chi connectivity index (χ2v) is 8.32. The Morgan fingerprint density at radius 3 is 1.55 bits per heavy atom. The zero-order valence-electron chi connectivity index (χ0n) is 19.4. The van der Waals surface area contributed by atoms with Crippen LogP contribution in [0, 0.1) is 0 Å². The zero-order valence-corrected chi connectivity index (χ0v) is 19.4. The summed E-state index contributed by atoms with van der Waals surface area (Å²) in [5, 5.41) is 78.8. The summed E-state index contributed by atoms with van der Waals surface area (Å²) in [4.78, 5) is 22.6. The summed E-state index contributed by atoms with van der Waals surface area (Å²) < 4.78 is 45.4. The van der Waals surface area contributed by atoms with Gasteiger partial charge < -0.3 is 61.0 Å². The standard InChI is InChI=1S/C13H17NO6.C8H12F3NO6/c15-6-8-10(16)11(17)9(13(19)20-8)14-12(18)7-4-2-1-3-5-7;9-8(10,11)7(17)12-3-5(15)4(14)2(1-13)18-6(3)16/h1-5,8-11,13,15-17,19H,6H2,(H,14,18);2-6,13-16H,1H2,(H,12,17)/t8-,9-,10-,11-,13?;2-,3-,4-,5-,6?/m11/s1. The molecule has 2 saturated heterocycles. The third-order valence-corrected chi connectivity index (χ3v) is 5.69. The highest BCUT2D eigenvalue weighted by Gasteiger charge is 2.48. The van der Waals surface area contributed by atoms with E-state index >= 15 is 0 Å². The zero-order chi connectivity index (χ0) is 28.8. The van der Waals surface area contributed by atoms with Gasteiger partial charge in [-0.15, -0.1) is 0 Å². The van der Waals surface area contributed by atoms with Crippen LogP contribution in [0.1, 0.15) is 10.4 Å². The van der Waals surface area contributed by atoms with Crippen molar-refractivity contribution in [3.63, 3.8) is 0 Å². The largest absolute Gasteiger partial charge is 0.471 e. The molecule has 2 unspecified atom stereocenters. The van der Waals surface area contributed by atoms with Crippen LogP contribution in [0.2, 0.25) is 0 Å². The van der Waals surface area contributed by atoms with Gasteiger partial charge in [0.15, 0.2) is 12.6 Å². The lowest BCUT2D eigenvalue weighted by molar-refractivity contribution is -0.256. The number of nitrogens with one attached hydrogen (secondary N) is 2. The third-order valence-electron chi connectivity index (χ3n) is 5.69. The average molecular weight is 558 g/mol. The Bertz CT molecular complexity index is 911. The Labute approximate surface area is 212 Å². The Hall–Kier alpha value is -2.45. The van der Waals surface area contributed by atoms with Crippen molar-refractivity contribution in [2.45, 2.75) is 67.5 Å². The van der Waals surface area contributed by atoms with Gasteiger partial charge in [0, 0.05) is 5.56 Å². The molecular weight excluding hydrogens is 529 g/mol. The second-order valence-electron chi connectivity index (χ2n) is 8.32. The van der Waals surface area contributed by atoms with Crippen molar-refractivity contribution in [1.82, 2.24) is 10.6 Å². The minimum atomic E-state index is -5.20. The molecule has 0 spiro atoms. The highest BCUT2D eigenvalue weighted by atomic mass is 19.4. The molecule has 38 heavy (non-hydrogen) atoms. The normalized spacial score (nSPS) is 35.4. The first-order valence-corrected chi connectivity index (χ1v) is 11.1. The maximum absolute atomic E-state index is 12.0. The highest BCUT2D eigenvalue weighted by molar-refractivity contribution is 5.94. The quantitative estimate of drug-likeness (QED) is 0.165. The Balaban J connectivity index is 0.000000269. The first kappa shape index (κ1) is 31.8. The van der Waals surface area contributed by atoms with Gasteiger partial charge in [-0.05, 0) is 12.1 Å². The van der Waals surface area contributed by atoms with Crippen LogP contribution in [0.3, 0.4) is 0 Å². The molecule has 2 fully saturated rings. The van der Waals surface area contributed by atoms with Crippen molar-refractivity contribution >= 4 is 11.8 Å². The minimum absolute atomic E-state index is 0.352. The van der Waals surface area contributed by atoms with E-state index in [0.717, 1.165) is 0 Å². The Morgan fingerprint density at radius 1 is 0.737 bits per heavy atom. The number of carbonyl (C=O) groups excluding carboxylic acids is 2. The molecule has 0 bridgehead atoms. The summed E-state index contributed by atoms with van der Waals surface area (Å²) in [7, 11) is 0. The van der Waals surface area contributed by atoms with E-state index in [-0.39, 0.29) is 0 Å². The molecule has 3 rings (SSSR count). The van der Waals surface area contributed by atoms with Crippen LogP contribution in [0.4, 0.5) is 13.2 Å². The van der Waals surface area contributed by atoms with E-state index < -0.39 is 92.5 Å². The fourth-order valence-electron chi connectivity index (χ4n) is 3.56. The first-order chi connectivity index (χ1) is 17.7. The van der Waals surface area contributed by atoms with Crippen molar-refractivity contribution in [3.8, 4) is 0 Å². The number of aliphatic hydroxyl groups is 8. The highest BCUT2D eigenvalue weighted by Crippen LogP contribution is 2.22. The van der Waals surface area contributed by atoms with Crippen LogP contribution < -0.4 is 10.6 Å². The topological polar surface area (TPSA) is 238 Å². The molecule has 10 atom stereocenters. The van der Waals surface area contributed by atoms with E-state index in [4.69, 9.17) is 14.9 Å². The molecule has 216 valence electrons. The van der Waals surface area contributed by atoms with Gasteiger partial charge >= 0.3 is 12.1 Å². The maximum Gasteiger partial charge on any atom is 0.471 e. The van der Waals surface area contributed by atoms with Crippen LogP contribution in [-0.2, 0) is 14.3 Å². The van der Waals surface area contributed by atoms with Crippen LogP contribution in [0.15, 0.2) is 30.3 Å². The maximum atomic E-state index is 12.0. The predicted octanol–water partition coefficient (Wildman–Crippen LogP) is -4.32. The lowest BCUT2D eigenvalue weighted by Crippen LogP contribution is -2.65.